The van der Waals surface area contributed by atoms with Crippen molar-refractivity contribution >= 4 is 17.0 Å². The van der Waals surface area contributed by atoms with Gasteiger partial charge in [-0.1, -0.05) is 12.8 Å². The van der Waals surface area contributed by atoms with E-state index in [-0.39, 0.29) is 0 Å². The molecule has 0 saturated heterocycles. The van der Waals surface area contributed by atoms with E-state index in [9.17, 15) is 4.79 Å². The number of carbonyl (C=O) groups is 1. The van der Waals surface area contributed by atoms with Crippen LogP contribution in [0.3, 0.4) is 0 Å². The first-order valence-electron chi connectivity index (χ1n) is 6.78. The predicted octanol–water partition coefficient (Wildman–Crippen LogP) is 3.40. The normalized spacial score (nSPS) is 16.7. The molecule has 0 aliphatic heterocycles. The van der Waals surface area contributed by atoms with Crippen molar-refractivity contribution in [2.45, 2.75) is 39.2 Å². The van der Waals surface area contributed by atoms with Crippen LogP contribution in [0.4, 0.5) is 0 Å². The van der Waals surface area contributed by atoms with E-state index < -0.39 is 5.97 Å². The van der Waals surface area contributed by atoms with Gasteiger partial charge in [-0.25, -0.2) is 9.78 Å². The summed E-state index contributed by atoms with van der Waals surface area (Å²) in [6.07, 6.45) is 3.88. The second-order valence-corrected chi connectivity index (χ2v) is 5.57. The van der Waals surface area contributed by atoms with Crippen LogP contribution in [0, 0.1) is 12.8 Å². The molecule has 1 heterocycles. The number of aromatic nitrogens is 2. The minimum absolute atomic E-state index is 0.298. The van der Waals surface area contributed by atoms with Gasteiger partial charge in [-0.3, -0.25) is 0 Å². The van der Waals surface area contributed by atoms with Crippen molar-refractivity contribution in [3.8, 4) is 0 Å². The molecule has 1 fully saturated rings. The maximum Gasteiger partial charge on any atom is 0.335 e. The van der Waals surface area contributed by atoms with Gasteiger partial charge in [-0.15, -0.1) is 0 Å². The quantitative estimate of drug-likeness (QED) is 0.914. The van der Waals surface area contributed by atoms with Crippen LogP contribution in [0.2, 0.25) is 0 Å². The van der Waals surface area contributed by atoms with E-state index in [1.165, 1.54) is 19.3 Å². The van der Waals surface area contributed by atoms with Crippen molar-refractivity contribution in [3.05, 3.63) is 29.6 Å². The fourth-order valence-corrected chi connectivity index (χ4v) is 2.85. The van der Waals surface area contributed by atoms with Crippen LogP contribution in [-0.4, -0.2) is 20.6 Å². The van der Waals surface area contributed by atoms with Crippen LogP contribution in [0.5, 0.6) is 0 Å². The van der Waals surface area contributed by atoms with E-state index >= 15 is 0 Å². The van der Waals surface area contributed by atoms with Crippen LogP contribution < -0.4 is 0 Å². The van der Waals surface area contributed by atoms with E-state index in [2.05, 4.69) is 16.5 Å². The molecule has 100 valence electrons. The average molecular weight is 258 g/mol. The molecule has 1 N–H and O–H groups in total. The topological polar surface area (TPSA) is 55.1 Å². The van der Waals surface area contributed by atoms with Crippen LogP contribution in [0.1, 0.15) is 48.4 Å². The lowest BCUT2D eigenvalue weighted by molar-refractivity contribution is 0.0697. The third kappa shape index (κ3) is 2.23. The lowest BCUT2D eigenvalue weighted by atomic mass is 10.1. The highest BCUT2D eigenvalue weighted by atomic mass is 16.4. The van der Waals surface area contributed by atoms with Gasteiger partial charge in [0.15, 0.2) is 0 Å². The van der Waals surface area contributed by atoms with Gasteiger partial charge in [0, 0.05) is 6.04 Å². The second-order valence-electron chi connectivity index (χ2n) is 5.57. The number of hydrogen-bond acceptors (Lipinski definition) is 2. The van der Waals surface area contributed by atoms with E-state index in [1.807, 2.05) is 13.0 Å². The Balaban J connectivity index is 2.03. The highest BCUT2D eigenvalue weighted by Gasteiger charge is 2.25. The molecule has 0 bridgehead atoms. The SMILES string of the molecule is Cc1nc2cc(C(=O)O)ccc2n1C(C)CC1CC1. The number of carboxylic acids is 1. The molecular weight excluding hydrogens is 240 g/mol. The van der Waals surface area contributed by atoms with Crippen molar-refractivity contribution in [2.24, 2.45) is 5.92 Å². The number of hydrogen-bond donors (Lipinski definition) is 1. The van der Waals surface area contributed by atoms with Gasteiger partial charge in [0.2, 0.25) is 0 Å². The zero-order valence-corrected chi connectivity index (χ0v) is 11.3. The van der Waals surface area contributed by atoms with Crippen LogP contribution in [-0.2, 0) is 0 Å². The van der Waals surface area contributed by atoms with E-state index in [4.69, 9.17) is 5.11 Å². The van der Waals surface area contributed by atoms with Gasteiger partial charge in [0.05, 0.1) is 16.6 Å². The van der Waals surface area contributed by atoms with E-state index in [0.29, 0.717) is 11.6 Å². The number of aromatic carboxylic acids is 1. The largest absolute Gasteiger partial charge is 0.478 e. The molecule has 4 heteroatoms. The Hall–Kier alpha value is -1.84. The maximum atomic E-state index is 11.0. The van der Waals surface area contributed by atoms with Crippen molar-refractivity contribution in [1.82, 2.24) is 9.55 Å². The number of aryl methyl sites for hydroxylation is 1. The number of benzene rings is 1. The highest BCUT2D eigenvalue weighted by molar-refractivity contribution is 5.92. The number of carboxylic acid groups (broad SMARTS) is 1. The minimum atomic E-state index is -0.903. The highest BCUT2D eigenvalue weighted by Crippen LogP contribution is 2.37. The molecule has 1 aromatic carbocycles. The van der Waals surface area contributed by atoms with Gasteiger partial charge in [0.1, 0.15) is 5.82 Å². The van der Waals surface area contributed by atoms with Crippen molar-refractivity contribution in [1.29, 1.82) is 0 Å². The summed E-state index contributed by atoms with van der Waals surface area (Å²) in [4.78, 5) is 15.5. The molecule has 0 radical (unpaired) electrons. The van der Waals surface area contributed by atoms with Crippen LogP contribution >= 0.6 is 0 Å². The monoisotopic (exact) mass is 258 g/mol. The average Bonchev–Trinajstić information content (AvgIpc) is 3.08. The summed E-state index contributed by atoms with van der Waals surface area (Å²) in [5.41, 5.74) is 2.11. The first-order chi connectivity index (χ1) is 9.06. The second kappa shape index (κ2) is 4.37. The number of imidazole rings is 1. The zero-order valence-electron chi connectivity index (χ0n) is 11.3. The fourth-order valence-electron chi connectivity index (χ4n) is 2.85. The Kier molecular flexibility index (Phi) is 2.81. The summed E-state index contributed by atoms with van der Waals surface area (Å²) in [6, 6.07) is 5.62. The lowest BCUT2D eigenvalue weighted by Crippen LogP contribution is -2.07. The van der Waals surface area contributed by atoms with Gasteiger partial charge < -0.3 is 9.67 Å². The Morgan fingerprint density at radius 1 is 1.53 bits per heavy atom. The first kappa shape index (κ1) is 12.2. The van der Waals surface area contributed by atoms with Crippen LogP contribution in [0.25, 0.3) is 11.0 Å². The van der Waals surface area contributed by atoms with Gasteiger partial charge in [0.25, 0.3) is 0 Å². The number of rotatable bonds is 4. The maximum absolute atomic E-state index is 11.0. The number of nitrogens with zero attached hydrogens (tertiary/aromatic N) is 2. The molecule has 1 aliphatic carbocycles. The Labute approximate surface area is 112 Å². The molecule has 19 heavy (non-hydrogen) atoms. The molecule has 3 rings (SSSR count). The van der Waals surface area contributed by atoms with Crippen LogP contribution in [0.15, 0.2) is 18.2 Å². The van der Waals surface area contributed by atoms with Crippen molar-refractivity contribution in [2.75, 3.05) is 0 Å². The van der Waals surface area contributed by atoms with Gasteiger partial charge in [-0.2, -0.15) is 0 Å². The molecule has 1 aliphatic rings. The van der Waals surface area contributed by atoms with E-state index in [1.54, 1.807) is 12.1 Å². The number of fused-ring (bicyclic) bond motifs is 1. The third-order valence-corrected chi connectivity index (χ3v) is 3.92. The van der Waals surface area contributed by atoms with Gasteiger partial charge in [-0.05, 0) is 44.4 Å². The molecule has 0 spiro atoms. The lowest BCUT2D eigenvalue weighted by Gasteiger charge is -2.16. The van der Waals surface area contributed by atoms with Crippen molar-refractivity contribution < 1.29 is 9.90 Å². The summed E-state index contributed by atoms with van der Waals surface area (Å²) in [5.74, 6) is 0.927. The molecule has 4 nitrogen and oxygen atoms in total. The molecule has 1 aromatic heterocycles. The molecule has 2 aromatic rings. The van der Waals surface area contributed by atoms with E-state index in [0.717, 1.165) is 22.8 Å². The third-order valence-electron chi connectivity index (χ3n) is 3.92. The molecule has 1 saturated carbocycles. The molecule has 1 atom stereocenters. The minimum Gasteiger partial charge on any atom is -0.478 e. The standard InChI is InChI=1S/C15H18N2O2/c1-9(7-11-3-4-11)17-10(2)16-13-8-12(15(18)19)5-6-14(13)17/h5-6,8-9,11H,3-4,7H2,1-2H3,(H,18,19). The molecular formula is C15H18N2O2. The smallest absolute Gasteiger partial charge is 0.335 e. The summed E-state index contributed by atoms with van der Waals surface area (Å²) >= 11 is 0. The predicted molar refractivity (Wildman–Crippen MR) is 73.5 cm³/mol. The summed E-state index contributed by atoms with van der Waals surface area (Å²) in [7, 11) is 0. The summed E-state index contributed by atoms with van der Waals surface area (Å²) in [5, 5.41) is 9.02. The zero-order chi connectivity index (χ0) is 13.6. The molecule has 0 amide bonds. The molecule has 1 unspecified atom stereocenters. The Morgan fingerprint density at radius 2 is 2.26 bits per heavy atom. The fraction of sp³-hybridized carbons (Fsp3) is 0.467. The van der Waals surface area contributed by atoms with Crippen molar-refractivity contribution in [3.63, 3.8) is 0 Å². The van der Waals surface area contributed by atoms with Gasteiger partial charge >= 0.3 is 5.97 Å². The Morgan fingerprint density at radius 3 is 2.89 bits per heavy atom. The first-order valence-corrected chi connectivity index (χ1v) is 6.78. The Bertz CT molecular complexity index is 641. The summed E-state index contributed by atoms with van der Waals surface area (Å²) < 4.78 is 2.24. The summed E-state index contributed by atoms with van der Waals surface area (Å²) in [6.45, 7) is 4.21.